The fraction of sp³-hybridized carbons (Fsp3) is 0.360. The Kier molecular flexibility index (Phi) is 19.2. The number of carbonyl (C=O) groups is 2. The Bertz CT molecular complexity index is 2070. The molecule has 4 nitrogen and oxygen atoms in total. The summed E-state index contributed by atoms with van der Waals surface area (Å²) in [7, 11) is 11.1. The van der Waals surface area contributed by atoms with Crippen molar-refractivity contribution in [3.05, 3.63) is 131 Å². The summed E-state index contributed by atoms with van der Waals surface area (Å²) in [6.45, 7) is 26.3. The molecule has 1 radical (unpaired) electrons. The van der Waals surface area contributed by atoms with Gasteiger partial charge in [-0.05, 0) is 44.9 Å². The van der Waals surface area contributed by atoms with Gasteiger partial charge in [0.05, 0.1) is 0 Å². The molecule has 0 unspecified atom stereocenters. The first-order valence-corrected chi connectivity index (χ1v) is 26.7. The summed E-state index contributed by atoms with van der Waals surface area (Å²) in [6, 6.07) is 40.4. The SMILES string of the molecule is CC(C)c1cc2c(-c3ccccc3C(C)(C)C)cccc2[cH-]1.CC(C)c1cc2c(-c3ccccc3C(C)(C)C)cccc2[cH-]1.CCC(=O)N[B]NC(=O)CC.[Cl][Zr+2][Cl]. The van der Waals surface area contributed by atoms with Crippen LogP contribution >= 0.6 is 17.0 Å². The molecule has 0 atom stereocenters. The molecular weight excluding hydrogens is 834 g/mol. The maximum absolute atomic E-state index is 10.6. The molecule has 6 aromatic rings. The number of hydrogen-bond acceptors (Lipinski definition) is 2. The van der Waals surface area contributed by atoms with Crippen LogP contribution in [0.3, 0.4) is 0 Å². The summed E-state index contributed by atoms with van der Waals surface area (Å²) in [5.74, 6) is 0.916. The van der Waals surface area contributed by atoms with E-state index in [0.717, 1.165) is 0 Å². The molecule has 0 bridgehead atoms. The van der Waals surface area contributed by atoms with Crippen LogP contribution in [0.15, 0.2) is 109 Å². The number of benzene rings is 4. The van der Waals surface area contributed by atoms with Crippen molar-refractivity contribution in [2.75, 3.05) is 0 Å². The van der Waals surface area contributed by atoms with Gasteiger partial charge in [-0.3, -0.25) is 9.59 Å². The molecule has 6 aromatic carbocycles. The summed E-state index contributed by atoms with van der Waals surface area (Å²) < 4.78 is 0. The molecule has 0 heterocycles. The van der Waals surface area contributed by atoms with Crippen LogP contribution in [0.25, 0.3) is 43.8 Å². The van der Waals surface area contributed by atoms with E-state index >= 15 is 0 Å². The Morgan fingerprint density at radius 1 is 0.586 bits per heavy atom. The third-order valence-electron chi connectivity index (χ3n) is 10.0. The molecule has 0 saturated carbocycles. The summed E-state index contributed by atoms with van der Waals surface area (Å²) in [5, 5.41) is 10.3. The van der Waals surface area contributed by atoms with Crippen molar-refractivity contribution < 1.29 is 30.4 Å². The van der Waals surface area contributed by atoms with Gasteiger partial charge in [0.2, 0.25) is 11.8 Å². The van der Waals surface area contributed by atoms with E-state index in [-0.39, 0.29) is 22.6 Å². The number of halogens is 2. The second-order valence-corrected chi connectivity index (χ2v) is 20.9. The second kappa shape index (κ2) is 22.8. The van der Waals surface area contributed by atoms with Gasteiger partial charge in [-0.1, -0.05) is 155 Å². The van der Waals surface area contributed by atoms with E-state index in [0.29, 0.717) is 24.7 Å². The summed E-state index contributed by atoms with van der Waals surface area (Å²) in [6.07, 6.45) is 0.830. The van der Waals surface area contributed by atoms with E-state index in [1.807, 2.05) is 0 Å². The Labute approximate surface area is 368 Å². The van der Waals surface area contributed by atoms with Crippen molar-refractivity contribution in [1.29, 1.82) is 0 Å². The zero-order chi connectivity index (χ0) is 43.2. The van der Waals surface area contributed by atoms with Crippen LogP contribution in [-0.4, -0.2) is 19.4 Å². The number of fused-ring (bicyclic) bond motifs is 2. The fourth-order valence-electron chi connectivity index (χ4n) is 6.80. The quantitative estimate of drug-likeness (QED) is 0.118. The summed E-state index contributed by atoms with van der Waals surface area (Å²) in [5.41, 5.74) is 11.4. The van der Waals surface area contributed by atoms with Crippen molar-refractivity contribution in [3.8, 4) is 22.3 Å². The predicted octanol–water partition coefficient (Wildman–Crippen LogP) is 14.2. The van der Waals surface area contributed by atoms with Gasteiger partial charge in [0.25, 0.3) is 0 Å². The topological polar surface area (TPSA) is 58.2 Å². The van der Waals surface area contributed by atoms with Crippen molar-refractivity contribution in [1.82, 2.24) is 10.5 Å². The Balaban J connectivity index is 0.000000237. The molecule has 0 spiro atoms. The average molecular weight is 896 g/mol. The molecule has 6 rings (SSSR count). The van der Waals surface area contributed by atoms with E-state index in [9.17, 15) is 9.59 Å². The number of carbonyl (C=O) groups excluding carboxylic acids is 2. The molecule has 2 N–H and O–H groups in total. The fourth-order valence-corrected chi connectivity index (χ4v) is 6.80. The molecule has 8 heteroatoms. The average Bonchev–Trinajstić information content (AvgIpc) is 3.84. The van der Waals surface area contributed by atoms with Crippen molar-refractivity contribution in [2.24, 2.45) is 0 Å². The van der Waals surface area contributed by atoms with Crippen LogP contribution in [0.2, 0.25) is 0 Å². The van der Waals surface area contributed by atoms with E-state index in [1.165, 1.54) is 73.6 Å². The van der Waals surface area contributed by atoms with Crippen molar-refractivity contribution in [2.45, 2.75) is 119 Å². The number of nitrogens with one attached hydrogen (secondary N) is 2. The first-order chi connectivity index (χ1) is 27.4. The molecule has 305 valence electrons. The van der Waals surface area contributed by atoms with Gasteiger partial charge in [0.1, 0.15) is 0 Å². The molecule has 0 aliphatic heterocycles. The Morgan fingerprint density at radius 2 is 0.914 bits per heavy atom. The molecule has 0 aliphatic rings. The Hall–Kier alpha value is -3.43. The van der Waals surface area contributed by atoms with E-state index in [2.05, 4.69) is 189 Å². The van der Waals surface area contributed by atoms with Crippen LogP contribution < -0.4 is 10.5 Å². The molecule has 0 saturated heterocycles. The Morgan fingerprint density at radius 3 is 1.22 bits per heavy atom. The molecule has 0 aromatic heterocycles. The monoisotopic (exact) mass is 893 g/mol. The van der Waals surface area contributed by atoms with Gasteiger partial charge in [0.15, 0.2) is 0 Å². The predicted molar refractivity (Wildman–Crippen MR) is 250 cm³/mol. The molecular formula is C50H62BCl2N2O2Zr. The van der Waals surface area contributed by atoms with Crippen LogP contribution in [0, 0.1) is 0 Å². The number of rotatable bonds is 8. The second-order valence-electron chi connectivity index (χ2n) is 17.2. The third-order valence-corrected chi connectivity index (χ3v) is 10.0. The van der Waals surface area contributed by atoms with E-state index in [4.69, 9.17) is 17.0 Å². The first-order valence-electron chi connectivity index (χ1n) is 20.3. The van der Waals surface area contributed by atoms with Crippen molar-refractivity contribution >= 4 is 57.9 Å². The first kappa shape index (κ1) is 48.9. The van der Waals surface area contributed by atoms with Gasteiger partial charge in [-0.25, -0.2) is 0 Å². The van der Waals surface area contributed by atoms with Gasteiger partial charge >= 0.3 is 45.4 Å². The molecule has 0 aliphatic carbocycles. The third kappa shape index (κ3) is 13.8. The standard InChI is InChI=1S/2C22H25.C6H12BN2O2.2ClH.Zr/c2*1-15(2)17-13-16-9-8-11-18(20(16)14-17)19-10-6-7-12-21(19)22(3,4)5;1-3-5(10)8-7-9-6(11)4-2;;;/h2*6-15H,1-5H3;3-4H2,1-2H3,(H,8,10)(H,9,11);2*1H;/q2*-1;;;;+4/p-2. The minimum absolute atomic E-state index is 0.110. The number of amides is 2. The summed E-state index contributed by atoms with van der Waals surface area (Å²) in [4.78, 5) is 21.2. The van der Waals surface area contributed by atoms with Gasteiger partial charge in [-0.2, -0.15) is 12.1 Å². The zero-order valence-corrected chi connectivity index (χ0v) is 40.6. The zero-order valence-electron chi connectivity index (χ0n) is 36.6. The van der Waals surface area contributed by atoms with Gasteiger partial charge < -0.3 is 10.5 Å². The molecule has 2 amide bonds. The maximum atomic E-state index is 10.6. The van der Waals surface area contributed by atoms with Gasteiger partial charge in [0, 0.05) is 12.8 Å². The summed E-state index contributed by atoms with van der Waals surface area (Å²) >= 11 is -0.826. The van der Waals surface area contributed by atoms with Crippen LogP contribution in [-0.2, 0) is 41.3 Å². The van der Waals surface area contributed by atoms with Crippen LogP contribution in [0.5, 0.6) is 0 Å². The van der Waals surface area contributed by atoms with E-state index in [1.54, 1.807) is 13.8 Å². The minimum atomic E-state index is -0.826. The number of hydrogen-bond donors (Lipinski definition) is 2. The molecule has 0 fully saturated rings. The van der Waals surface area contributed by atoms with Gasteiger partial charge in [-0.15, -0.1) is 69.1 Å². The van der Waals surface area contributed by atoms with E-state index < -0.39 is 20.8 Å². The normalized spacial score (nSPS) is 11.1. The molecule has 58 heavy (non-hydrogen) atoms. The van der Waals surface area contributed by atoms with Crippen molar-refractivity contribution in [3.63, 3.8) is 0 Å². The van der Waals surface area contributed by atoms with Crippen LogP contribution in [0.4, 0.5) is 0 Å². The van der Waals surface area contributed by atoms with Crippen LogP contribution in [0.1, 0.15) is 130 Å².